The molecule has 0 saturated carbocycles. The van der Waals surface area contributed by atoms with Crippen molar-refractivity contribution in [2.24, 2.45) is 0 Å². The van der Waals surface area contributed by atoms with Gasteiger partial charge >= 0.3 is 0 Å². The largest absolute Gasteiger partial charge is 0.506 e. The number of carbonyl (C=O) groups is 1. The van der Waals surface area contributed by atoms with Crippen LogP contribution in [0, 0.1) is 13.8 Å². The normalized spacial score (nSPS) is 12.4. The molecule has 2 aromatic carbocycles. The summed E-state index contributed by atoms with van der Waals surface area (Å²) in [4.78, 5) is 16.7. The third kappa shape index (κ3) is 7.88. The lowest BCUT2D eigenvalue weighted by molar-refractivity contribution is -0.120. The molecule has 0 radical (unpaired) electrons. The van der Waals surface area contributed by atoms with E-state index >= 15 is 0 Å². The summed E-state index contributed by atoms with van der Waals surface area (Å²) in [5.74, 6) is -0.116. The zero-order chi connectivity index (χ0) is 26.3. The zero-order valence-corrected chi connectivity index (χ0v) is 21.5. The number of rotatable bonds is 11. The monoisotopic (exact) mass is 491 g/mol. The number of aromatic hydroxyl groups is 1. The van der Waals surface area contributed by atoms with Crippen molar-refractivity contribution in [3.63, 3.8) is 0 Å². The van der Waals surface area contributed by atoms with E-state index < -0.39 is 12.7 Å². The Kier molecular flexibility index (Phi) is 9.20. The summed E-state index contributed by atoms with van der Waals surface area (Å²) in [5, 5.41) is 35.9. The fraction of sp³-hybridized carbons (Fsp3) is 0.379. The van der Waals surface area contributed by atoms with E-state index in [0.29, 0.717) is 25.1 Å². The molecule has 0 bridgehead atoms. The number of pyridine rings is 1. The molecule has 1 amide bonds. The molecule has 192 valence electrons. The molecular formula is C29H37N3O4. The maximum Gasteiger partial charge on any atom is 0.224 e. The second kappa shape index (κ2) is 12.1. The van der Waals surface area contributed by atoms with Crippen molar-refractivity contribution in [3.8, 4) is 5.75 Å². The third-order valence-electron chi connectivity index (χ3n) is 6.30. The number of hydrogen-bond donors (Lipinski definition) is 5. The first-order chi connectivity index (χ1) is 17.1. The van der Waals surface area contributed by atoms with Gasteiger partial charge in [0.1, 0.15) is 17.5 Å². The van der Waals surface area contributed by atoms with E-state index in [-0.39, 0.29) is 29.4 Å². The summed E-state index contributed by atoms with van der Waals surface area (Å²) < 4.78 is 0. The second-order valence-corrected chi connectivity index (χ2v) is 10.0. The molecule has 0 aliphatic rings. The van der Waals surface area contributed by atoms with E-state index in [0.717, 1.165) is 16.7 Å². The first-order valence-electron chi connectivity index (χ1n) is 12.2. The van der Waals surface area contributed by atoms with Crippen LogP contribution in [0.15, 0.2) is 54.6 Å². The highest BCUT2D eigenvalue weighted by Crippen LogP contribution is 2.20. The van der Waals surface area contributed by atoms with Crippen molar-refractivity contribution in [3.05, 3.63) is 93.8 Å². The molecule has 1 unspecified atom stereocenters. The number of nitrogens with one attached hydrogen (secondary N) is 2. The summed E-state index contributed by atoms with van der Waals surface area (Å²) in [5.41, 5.74) is 5.77. The number of benzene rings is 2. The maximum absolute atomic E-state index is 12.5. The van der Waals surface area contributed by atoms with Crippen LogP contribution in [0.3, 0.4) is 0 Å². The van der Waals surface area contributed by atoms with Crippen LogP contribution in [0.5, 0.6) is 5.75 Å². The van der Waals surface area contributed by atoms with E-state index in [1.807, 2.05) is 44.2 Å². The molecule has 0 aliphatic carbocycles. The van der Waals surface area contributed by atoms with Gasteiger partial charge in [-0.05, 0) is 74.1 Å². The number of nitrogens with zero attached hydrogens (tertiary/aromatic N) is 1. The van der Waals surface area contributed by atoms with Gasteiger partial charge in [-0.25, -0.2) is 4.98 Å². The Morgan fingerprint density at radius 1 is 1.00 bits per heavy atom. The topological polar surface area (TPSA) is 115 Å². The fourth-order valence-corrected chi connectivity index (χ4v) is 4.07. The van der Waals surface area contributed by atoms with E-state index in [9.17, 15) is 20.1 Å². The van der Waals surface area contributed by atoms with Crippen molar-refractivity contribution in [2.45, 2.75) is 65.3 Å². The Morgan fingerprint density at radius 3 is 2.47 bits per heavy atom. The van der Waals surface area contributed by atoms with Gasteiger partial charge < -0.3 is 26.0 Å². The van der Waals surface area contributed by atoms with Crippen LogP contribution in [-0.4, -0.2) is 38.3 Å². The van der Waals surface area contributed by atoms with Crippen LogP contribution < -0.4 is 10.6 Å². The molecule has 0 spiro atoms. The first-order valence-corrected chi connectivity index (χ1v) is 12.2. The molecule has 0 fully saturated rings. The van der Waals surface area contributed by atoms with Gasteiger partial charge in [0.2, 0.25) is 5.91 Å². The number of aromatic nitrogens is 1. The third-order valence-corrected chi connectivity index (χ3v) is 6.30. The standard InChI is InChI=1S/C29H37N3O4/c1-19-8-9-23(12-20(19)2)16-30-28(36)14-21-6-5-7-22(13-21)15-29(3,4)31-17-27(35)24-10-11-26(34)25(18-33)32-24/h5-13,27,31,33-35H,14-18H2,1-4H3,(H,30,36). The Balaban J connectivity index is 1.53. The van der Waals surface area contributed by atoms with Gasteiger partial charge in [-0.3, -0.25) is 4.79 Å². The maximum atomic E-state index is 12.5. The number of hydrogen-bond acceptors (Lipinski definition) is 6. The Morgan fingerprint density at radius 2 is 1.75 bits per heavy atom. The molecule has 5 N–H and O–H groups in total. The number of carbonyl (C=O) groups excluding carboxylic acids is 1. The minimum Gasteiger partial charge on any atom is -0.506 e. The first kappa shape index (κ1) is 27.3. The summed E-state index contributed by atoms with van der Waals surface area (Å²) in [6.07, 6.45) is 0.121. The number of aryl methyl sites for hydroxylation is 2. The van der Waals surface area contributed by atoms with Gasteiger partial charge in [0.25, 0.3) is 0 Å². The molecule has 0 aliphatic heterocycles. The molecular weight excluding hydrogens is 454 g/mol. The van der Waals surface area contributed by atoms with Crippen LogP contribution in [0.1, 0.15) is 59.2 Å². The number of aliphatic hydroxyl groups is 2. The summed E-state index contributed by atoms with van der Waals surface area (Å²) in [6, 6.07) is 17.2. The number of β-amino-alcohol motifs (C(OH)–C–C–N with tert-alkyl or cyclic N) is 1. The lowest BCUT2D eigenvalue weighted by atomic mass is 9.93. The average Bonchev–Trinajstić information content (AvgIpc) is 2.83. The van der Waals surface area contributed by atoms with Crippen molar-refractivity contribution < 1.29 is 20.1 Å². The zero-order valence-electron chi connectivity index (χ0n) is 21.5. The van der Waals surface area contributed by atoms with E-state index in [1.165, 1.54) is 17.2 Å². The Bertz CT molecular complexity index is 1190. The minimum absolute atomic E-state index is 0.0190. The molecule has 1 aromatic heterocycles. The highest BCUT2D eigenvalue weighted by molar-refractivity contribution is 5.78. The van der Waals surface area contributed by atoms with Crippen LogP contribution >= 0.6 is 0 Å². The van der Waals surface area contributed by atoms with E-state index in [2.05, 4.69) is 41.6 Å². The fourth-order valence-electron chi connectivity index (χ4n) is 4.07. The molecule has 7 nitrogen and oxygen atoms in total. The highest BCUT2D eigenvalue weighted by Gasteiger charge is 2.21. The van der Waals surface area contributed by atoms with Crippen LogP contribution in [0.4, 0.5) is 0 Å². The van der Waals surface area contributed by atoms with Crippen LogP contribution in [0.2, 0.25) is 0 Å². The van der Waals surface area contributed by atoms with Gasteiger partial charge in [0, 0.05) is 18.6 Å². The van der Waals surface area contributed by atoms with Crippen molar-refractivity contribution >= 4 is 5.91 Å². The lowest BCUT2D eigenvalue weighted by Gasteiger charge is -2.28. The van der Waals surface area contributed by atoms with Gasteiger partial charge in [-0.15, -0.1) is 0 Å². The molecule has 3 aromatic rings. The number of amides is 1. The predicted octanol–water partition coefficient (Wildman–Crippen LogP) is 3.40. The Labute approximate surface area is 213 Å². The van der Waals surface area contributed by atoms with Crippen molar-refractivity contribution in [2.75, 3.05) is 6.54 Å². The van der Waals surface area contributed by atoms with Gasteiger partial charge in [0.15, 0.2) is 0 Å². The Hall–Kier alpha value is -3.26. The molecule has 1 atom stereocenters. The van der Waals surface area contributed by atoms with Crippen molar-refractivity contribution in [1.82, 2.24) is 15.6 Å². The second-order valence-electron chi connectivity index (χ2n) is 10.0. The molecule has 1 heterocycles. The van der Waals surface area contributed by atoms with Crippen molar-refractivity contribution in [1.29, 1.82) is 0 Å². The van der Waals surface area contributed by atoms with Gasteiger partial charge in [-0.2, -0.15) is 0 Å². The van der Waals surface area contributed by atoms with Crippen LogP contribution in [0.25, 0.3) is 0 Å². The average molecular weight is 492 g/mol. The molecule has 0 saturated heterocycles. The summed E-state index contributed by atoms with van der Waals surface area (Å²) in [7, 11) is 0. The highest BCUT2D eigenvalue weighted by atomic mass is 16.3. The SMILES string of the molecule is Cc1ccc(CNC(=O)Cc2cccc(CC(C)(C)NCC(O)c3ccc(O)c(CO)n3)c2)cc1C. The number of aliphatic hydroxyl groups excluding tert-OH is 2. The predicted molar refractivity (Wildman–Crippen MR) is 140 cm³/mol. The smallest absolute Gasteiger partial charge is 0.224 e. The van der Waals surface area contributed by atoms with E-state index in [4.69, 9.17) is 0 Å². The van der Waals surface area contributed by atoms with E-state index in [1.54, 1.807) is 6.07 Å². The quantitative estimate of drug-likeness (QED) is 0.281. The summed E-state index contributed by atoms with van der Waals surface area (Å²) in [6.45, 7) is 8.61. The lowest BCUT2D eigenvalue weighted by Crippen LogP contribution is -2.43. The van der Waals surface area contributed by atoms with Gasteiger partial charge in [-0.1, -0.05) is 42.5 Å². The van der Waals surface area contributed by atoms with Crippen LogP contribution in [-0.2, 0) is 30.8 Å². The molecule has 7 heteroatoms. The minimum atomic E-state index is -0.887. The molecule has 36 heavy (non-hydrogen) atoms. The van der Waals surface area contributed by atoms with Gasteiger partial charge in [0.05, 0.1) is 18.7 Å². The summed E-state index contributed by atoms with van der Waals surface area (Å²) >= 11 is 0. The molecule has 3 rings (SSSR count).